The van der Waals surface area contributed by atoms with Crippen LogP contribution in [0.1, 0.15) is 0 Å². The predicted molar refractivity (Wildman–Crippen MR) is 233 cm³/mol. The van der Waals surface area contributed by atoms with Crippen LogP contribution in [0.2, 0.25) is 0 Å². The van der Waals surface area contributed by atoms with Gasteiger partial charge in [-0.25, -0.2) is 0 Å². The Hall–Kier alpha value is -6.74. The zero-order valence-electron chi connectivity index (χ0n) is 29.6. The molecule has 10 rings (SSSR count). The van der Waals surface area contributed by atoms with E-state index in [1.54, 1.807) is 0 Å². The standard InChI is InChI=1S/C52H35NS/c1-4-13-36(14-5-1)37-23-25-38(26-24-37)39-27-30-44(31-28-39)53(43-18-8-3-9-19-43)50-32-29-42(33-48(50)40-15-6-2-7-16-40)45-21-12-17-41-34-52-49(35-47(41)45)46-20-10-11-22-51(46)54-52/h1-35H. The minimum Gasteiger partial charge on any atom is -0.310 e. The van der Waals surface area contributed by atoms with Crippen LogP contribution in [0.5, 0.6) is 0 Å². The third kappa shape index (κ3) is 5.84. The largest absolute Gasteiger partial charge is 0.310 e. The number of nitrogens with zero attached hydrogens (tertiary/aromatic N) is 1. The summed E-state index contributed by atoms with van der Waals surface area (Å²) in [5, 5.41) is 5.18. The van der Waals surface area contributed by atoms with E-state index in [2.05, 4.69) is 217 Å². The van der Waals surface area contributed by atoms with Gasteiger partial charge in [0.1, 0.15) is 0 Å². The van der Waals surface area contributed by atoms with Crippen LogP contribution in [-0.4, -0.2) is 0 Å². The van der Waals surface area contributed by atoms with Crippen LogP contribution in [0.25, 0.3) is 75.5 Å². The van der Waals surface area contributed by atoms with Gasteiger partial charge in [0.2, 0.25) is 0 Å². The van der Waals surface area contributed by atoms with Crippen LogP contribution in [0.3, 0.4) is 0 Å². The molecule has 0 bridgehead atoms. The number of para-hydroxylation sites is 1. The van der Waals surface area contributed by atoms with Crippen molar-refractivity contribution in [3.05, 3.63) is 212 Å². The third-order valence-electron chi connectivity index (χ3n) is 10.5. The lowest BCUT2D eigenvalue weighted by Gasteiger charge is -2.28. The molecule has 0 radical (unpaired) electrons. The van der Waals surface area contributed by atoms with Gasteiger partial charge < -0.3 is 4.90 Å². The Morgan fingerprint density at radius 3 is 1.56 bits per heavy atom. The molecular formula is C52H35NS. The molecule has 0 aliphatic rings. The summed E-state index contributed by atoms with van der Waals surface area (Å²) in [5.74, 6) is 0. The molecule has 0 atom stereocenters. The summed E-state index contributed by atoms with van der Waals surface area (Å²) in [6.45, 7) is 0. The molecule has 0 saturated carbocycles. The fraction of sp³-hybridized carbons (Fsp3) is 0. The van der Waals surface area contributed by atoms with E-state index >= 15 is 0 Å². The Morgan fingerprint density at radius 2 is 0.852 bits per heavy atom. The van der Waals surface area contributed by atoms with E-state index in [-0.39, 0.29) is 0 Å². The first kappa shape index (κ1) is 32.0. The van der Waals surface area contributed by atoms with Crippen molar-refractivity contribution in [2.24, 2.45) is 0 Å². The van der Waals surface area contributed by atoms with Gasteiger partial charge in [0, 0.05) is 37.1 Å². The molecule has 1 heterocycles. The Kier molecular flexibility index (Phi) is 8.09. The maximum absolute atomic E-state index is 2.40. The SMILES string of the molecule is c1ccc(-c2ccc(-c3ccc(N(c4ccccc4)c4ccc(-c5cccc6cc7sc8ccccc8c7cc56)cc4-c4ccccc4)cc3)cc2)cc1. The molecule has 0 unspecified atom stereocenters. The molecule has 0 aliphatic carbocycles. The smallest absolute Gasteiger partial charge is 0.0540 e. The van der Waals surface area contributed by atoms with Gasteiger partial charge in [-0.2, -0.15) is 0 Å². The molecule has 10 aromatic rings. The number of hydrogen-bond acceptors (Lipinski definition) is 2. The van der Waals surface area contributed by atoms with E-state index in [1.165, 1.54) is 75.5 Å². The first-order chi connectivity index (χ1) is 26.8. The molecule has 0 saturated heterocycles. The Bertz CT molecular complexity index is 2890. The average Bonchev–Trinajstić information content (AvgIpc) is 3.61. The lowest BCUT2D eigenvalue weighted by molar-refractivity contribution is 1.28. The number of benzene rings is 9. The highest BCUT2D eigenvalue weighted by Gasteiger charge is 2.19. The summed E-state index contributed by atoms with van der Waals surface area (Å²) < 4.78 is 2.66. The highest BCUT2D eigenvalue weighted by Crippen LogP contribution is 2.45. The second-order valence-electron chi connectivity index (χ2n) is 13.7. The minimum absolute atomic E-state index is 1.10. The van der Waals surface area contributed by atoms with E-state index in [0.717, 1.165) is 17.1 Å². The number of hydrogen-bond donors (Lipinski definition) is 0. The van der Waals surface area contributed by atoms with E-state index in [9.17, 15) is 0 Å². The van der Waals surface area contributed by atoms with Gasteiger partial charge in [0.15, 0.2) is 0 Å². The number of anilines is 3. The van der Waals surface area contributed by atoms with E-state index < -0.39 is 0 Å². The second-order valence-corrected chi connectivity index (χ2v) is 14.8. The number of thiophene rings is 1. The maximum atomic E-state index is 2.40. The fourth-order valence-corrected chi connectivity index (χ4v) is 8.92. The van der Waals surface area contributed by atoms with Crippen LogP contribution < -0.4 is 4.90 Å². The van der Waals surface area contributed by atoms with E-state index in [4.69, 9.17) is 0 Å². The van der Waals surface area contributed by atoms with Crippen molar-refractivity contribution < 1.29 is 0 Å². The van der Waals surface area contributed by atoms with Crippen LogP contribution in [0.15, 0.2) is 212 Å². The summed E-state index contributed by atoms with van der Waals surface area (Å²) in [4.78, 5) is 2.39. The fourth-order valence-electron chi connectivity index (χ4n) is 7.79. The zero-order valence-corrected chi connectivity index (χ0v) is 30.4. The van der Waals surface area contributed by atoms with Crippen molar-refractivity contribution in [1.82, 2.24) is 0 Å². The molecule has 9 aromatic carbocycles. The highest BCUT2D eigenvalue weighted by atomic mass is 32.1. The topological polar surface area (TPSA) is 3.24 Å². The molecule has 54 heavy (non-hydrogen) atoms. The van der Waals surface area contributed by atoms with Gasteiger partial charge in [-0.15, -0.1) is 11.3 Å². The molecule has 254 valence electrons. The quantitative estimate of drug-likeness (QED) is 0.160. The first-order valence-corrected chi connectivity index (χ1v) is 19.2. The van der Waals surface area contributed by atoms with Crippen LogP contribution >= 0.6 is 11.3 Å². The van der Waals surface area contributed by atoms with Crippen molar-refractivity contribution in [2.45, 2.75) is 0 Å². The van der Waals surface area contributed by atoms with Crippen LogP contribution in [-0.2, 0) is 0 Å². The van der Waals surface area contributed by atoms with Crippen molar-refractivity contribution in [2.75, 3.05) is 4.90 Å². The van der Waals surface area contributed by atoms with E-state index in [1.807, 2.05) is 11.3 Å². The van der Waals surface area contributed by atoms with Crippen molar-refractivity contribution in [3.8, 4) is 44.5 Å². The molecular weight excluding hydrogens is 671 g/mol. The Morgan fingerprint density at radius 1 is 0.296 bits per heavy atom. The Balaban J connectivity index is 1.09. The summed E-state index contributed by atoms with van der Waals surface area (Å²) in [5.41, 5.74) is 13.0. The molecule has 0 fully saturated rings. The van der Waals surface area contributed by atoms with Crippen LogP contribution in [0.4, 0.5) is 17.1 Å². The summed E-state index contributed by atoms with van der Waals surface area (Å²) in [6.07, 6.45) is 0. The van der Waals surface area contributed by atoms with Gasteiger partial charge in [-0.3, -0.25) is 0 Å². The number of fused-ring (bicyclic) bond motifs is 4. The molecule has 0 amide bonds. The lowest BCUT2D eigenvalue weighted by atomic mass is 9.93. The van der Waals surface area contributed by atoms with Gasteiger partial charge >= 0.3 is 0 Å². The molecule has 1 nitrogen and oxygen atoms in total. The lowest BCUT2D eigenvalue weighted by Crippen LogP contribution is -2.11. The summed E-state index contributed by atoms with van der Waals surface area (Å²) in [6, 6.07) is 77.1. The monoisotopic (exact) mass is 705 g/mol. The average molecular weight is 706 g/mol. The third-order valence-corrected chi connectivity index (χ3v) is 11.6. The second kappa shape index (κ2) is 13.7. The molecule has 2 heteroatoms. The summed E-state index contributed by atoms with van der Waals surface area (Å²) in [7, 11) is 0. The number of rotatable bonds is 7. The van der Waals surface area contributed by atoms with Gasteiger partial charge in [-0.05, 0) is 104 Å². The molecule has 0 N–H and O–H groups in total. The first-order valence-electron chi connectivity index (χ1n) is 18.4. The Labute approximate surface area is 319 Å². The van der Waals surface area contributed by atoms with Crippen molar-refractivity contribution in [3.63, 3.8) is 0 Å². The van der Waals surface area contributed by atoms with Gasteiger partial charge in [0.25, 0.3) is 0 Å². The normalized spacial score (nSPS) is 11.3. The van der Waals surface area contributed by atoms with Crippen molar-refractivity contribution in [1.29, 1.82) is 0 Å². The van der Waals surface area contributed by atoms with Crippen LogP contribution in [0, 0.1) is 0 Å². The zero-order chi connectivity index (χ0) is 35.8. The van der Waals surface area contributed by atoms with E-state index in [0.29, 0.717) is 0 Å². The molecule has 0 spiro atoms. The predicted octanol–water partition coefficient (Wildman–Crippen LogP) is 15.3. The van der Waals surface area contributed by atoms with Gasteiger partial charge in [0.05, 0.1) is 5.69 Å². The summed E-state index contributed by atoms with van der Waals surface area (Å²) >= 11 is 1.87. The molecule has 1 aromatic heterocycles. The molecule has 0 aliphatic heterocycles. The maximum Gasteiger partial charge on any atom is 0.0540 e. The minimum atomic E-state index is 1.10. The van der Waals surface area contributed by atoms with Crippen molar-refractivity contribution >= 4 is 59.3 Å². The van der Waals surface area contributed by atoms with Gasteiger partial charge in [-0.1, -0.05) is 158 Å². The highest BCUT2D eigenvalue weighted by molar-refractivity contribution is 7.25.